The van der Waals surface area contributed by atoms with Gasteiger partial charge in [0.2, 0.25) is 0 Å². The van der Waals surface area contributed by atoms with Crippen LogP contribution in [0.15, 0.2) is 71.6 Å². The van der Waals surface area contributed by atoms with Gasteiger partial charge in [0.05, 0.1) is 28.5 Å². The molecule has 0 bridgehead atoms. The fourth-order valence-electron chi connectivity index (χ4n) is 3.97. The standard InChI is InChI=1S/C25H20N2O5S.ClH/c1-14-3-5-15(6-4-14)16-7-9-19(22(12-16)32-2)25-26-20-10-8-17-11-18(33(29,30)31)13-21(28)23(17)24(20)27-25;/h3-13,28H,1-2H3,(H,26,27)(H,29,30,31);1H. The van der Waals surface area contributed by atoms with Crippen LogP contribution in [-0.2, 0) is 10.1 Å². The van der Waals surface area contributed by atoms with Gasteiger partial charge < -0.3 is 14.8 Å². The summed E-state index contributed by atoms with van der Waals surface area (Å²) in [6.45, 7) is 2.04. The second-order valence-corrected chi connectivity index (χ2v) is 9.27. The molecule has 0 saturated carbocycles. The zero-order valence-electron chi connectivity index (χ0n) is 18.2. The van der Waals surface area contributed by atoms with Crippen molar-refractivity contribution >= 4 is 44.3 Å². The Morgan fingerprint density at radius 2 is 1.65 bits per heavy atom. The van der Waals surface area contributed by atoms with Gasteiger partial charge in [0.15, 0.2) is 0 Å². The fourth-order valence-corrected chi connectivity index (χ4v) is 4.51. The average Bonchev–Trinajstić information content (AvgIpc) is 3.22. The molecule has 34 heavy (non-hydrogen) atoms. The highest BCUT2D eigenvalue weighted by molar-refractivity contribution is 7.85. The van der Waals surface area contributed by atoms with Crippen LogP contribution < -0.4 is 4.74 Å². The number of imidazole rings is 1. The molecule has 1 heterocycles. The molecular formula is C25H21ClN2O5S. The summed E-state index contributed by atoms with van der Waals surface area (Å²) in [6.07, 6.45) is 0. The highest BCUT2D eigenvalue weighted by Gasteiger charge is 2.18. The van der Waals surface area contributed by atoms with Crippen molar-refractivity contribution in [2.45, 2.75) is 11.8 Å². The van der Waals surface area contributed by atoms with Crippen molar-refractivity contribution in [3.05, 3.63) is 72.3 Å². The van der Waals surface area contributed by atoms with Gasteiger partial charge in [-0.2, -0.15) is 8.42 Å². The van der Waals surface area contributed by atoms with Gasteiger partial charge in [0.25, 0.3) is 10.1 Å². The number of aromatic nitrogens is 2. The largest absolute Gasteiger partial charge is 0.507 e. The average molecular weight is 497 g/mol. The minimum absolute atomic E-state index is 0. The molecule has 174 valence electrons. The lowest BCUT2D eigenvalue weighted by Gasteiger charge is -2.09. The number of nitrogens with zero attached hydrogens (tertiary/aromatic N) is 1. The number of ether oxygens (including phenoxy) is 1. The number of nitrogens with one attached hydrogen (secondary N) is 1. The highest BCUT2D eigenvalue weighted by Crippen LogP contribution is 2.37. The van der Waals surface area contributed by atoms with E-state index in [1.165, 1.54) is 11.6 Å². The van der Waals surface area contributed by atoms with Gasteiger partial charge in [-0.05, 0) is 47.7 Å². The first-order chi connectivity index (χ1) is 15.7. The molecule has 7 nitrogen and oxygen atoms in total. The summed E-state index contributed by atoms with van der Waals surface area (Å²) in [5.41, 5.74) is 5.15. The molecule has 0 aliphatic heterocycles. The molecule has 3 N–H and O–H groups in total. The first-order valence-corrected chi connectivity index (χ1v) is 11.6. The summed E-state index contributed by atoms with van der Waals surface area (Å²) in [5, 5.41) is 11.3. The van der Waals surface area contributed by atoms with Gasteiger partial charge in [-0.25, -0.2) is 4.98 Å². The number of phenols is 1. The molecule has 0 unspecified atom stereocenters. The molecule has 0 amide bonds. The Hall–Kier alpha value is -3.59. The Morgan fingerprint density at radius 1 is 0.941 bits per heavy atom. The number of hydrogen-bond acceptors (Lipinski definition) is 5. The molecule has 0 saturated heterocycles. The van der Waals surface area contributed by atoms with E-state index in [-0.39, 0.29) is 23.1 Å². The molecule has 4 aromatic carbocycles. The van der Waals surface area contributed by atoms with Crippen LogP contribution in [0.2, 0.25) is 0 Å². The van der Waals surface area contributed by atoms with E-state index in [9.17, 15) is 18.1 Å². The Labute approximate surface area is 202 Å². The second-order valence-electron chi connectivity index (χ2n) is 7.84. The highest BCUT2D eigenvalue weighted by atomic mass is 35.5. The van der Waals surface area contributed by atoms with E-state index in [4.69, 9.17) is 4.74 Å². The lowest BCUT2D eigenvalue weighted by Crippen LogP contribution is -1.97. The summed E-state index contributed by atoms with van der Waals surface area (Å²) in [7, 11) is -2.86. The minimum atomic E-state index is -4.45. The molecule has 0 spiro atoms. The molecular weight excluding hydrogens is 476 g/mol. The van der Waals surface area contributed by atoms with Crippen LogP contribution in [-0.4, -0.2) is 35.2 Å². The van der Waals surface area contributed by atoms with Crippen molar-refractivity contribution in [2.24, 2.45) is 0 Å². The summed E-state index contributed by atoms with van der Waals surface area (Å²) in [4.78, 5) is 7.55. The van der Waals surface area contributed by atoms with Crippen LogP contribution in [0.4, 0.5) is 0 Å². The van der Waals surface area contributed by atoms with E-state index in [0.29, 0.717) is 33.4 Å². The topological polar surface area (TPSA) is 113 Å². The van der Waals surface area contributed by atoms with Crippen molar-refractivity contribution in [3.8, 4) is 34.0 Å². The van der Waals surface area contributed by atoms with E-state index in [1.54, 1.807) is 19.2 Å². The summed E-state index contributed by atoms with van der Waals surface area (Å²) >= 11 is 0. The van der Waals surface area contributed by atoms with E-state index >= 15 is 0 Å². The number of methoxy groups -OCH3 is 1. The number of rotatable bonds is 4. The molecule has 1 aromatic heterocycles. The number of aryl methyl sites for hydroxylation is 1. The first-order valence-electron chi connectivity index (χ1n) is 10.1. The van der Waals surface area contributed by atoms with Crippen LogP contribution >= 0.6 is 12.4 Å². The number of aromatic amines is 1. The van der Waals surface area contributed by atoms with Gasteiger partial charge in [-0.3, -0.25) is 4.55 Å². The summed E-state index contributed by atoms with van der Waals surface area (Å²) < 4.78 is 38.0. The van der Waals surface area contributed by atoms with Crippen molar-refractivity contribution in [1.82, 2.24) is 9.97 Å². The molecule has 5 aromatic rings. The molecule has 0 aliphatic rings. The van der Waals surface area contributed by atoms with Crippen molar-refractivity contribution < 1.29 is 22.8 Å². The third-order valence-corrected chi connectivity index (χ3v) is 6.49. The van der Waals surface area contributed by atoms with Gasteiger partial charge in [-0.15, -0.1) is 12.4 Å². The van der Waals surface area contributed by atoms with Crippen LogP contribution in [0.3, 0.4) is 0 Å². The number of fused-ring (bicyclic) bond motifs is 3. The Balaban J connectivity index is 0.00000274. The number of hydrogen-bond donors (Lipinski definition) is 3. The molecule has 5 rings (SSSR count). The van der Waals surface area contributed by atoms with E-state index < -0.39 is 10.1 Å². The SMILES string of the molecule is COc1cc(-c2ccc(C)cc2)ccc1-c1nc2c(ccc3cc(S(=O)(=O)O)cc(O)c32)[nH]1.Cl. The van der Waals surface area contributed by atoms with E-state index in [1.807, 2.05) is 25.1 Å². The van der Waals surface area contributed by atoms with Crippen LogP contribution in [0.1, 0.15) is 5.56 Å². The lowest BCUT2D eigenvalue weighted by molar-refractivity contribution is 0.416. The Morgan fingerprint density at radius 3 is 2.32 bits per heavy atom. The maximum absolute atomic E-state index is 11.5. The smallest absolute Gasteiger partial charge is 0.294 e. The molecule has 0 fully saturated rings. The number of aromatic hydroxyl groups is 1. The lowest BCUT2D eigenvalue weighted by atomic mass is 10.0. The normalized spacial score (nSPS) is 11.5. The molecule has 0 aliphatic carbocycles. The predicted molar refractivity (Wildman–Crippen MR) is 134 cm³/mol. The fraction of sp³-hybridized carbons (Fsp3) is 0.0800. The maximum Gasteiger partial charge on any atom is 0.294 e. The maximum atomic E-state index is 11.5. The Bertz CT molecular complexity index is 1640. The quantitative estimate of drug-likeness (QED) is 0.273. The zero-order chi connectivity index (χ0) is 23.3. The zero-order valence-corrected chi connectivity index (χ0v) is 19.9. The predicted octanol–water partition coefficient (Wildman–Crippen LogP) is 5.74. The molecule has 9 heteroatoms. The number of phenolic OH excluding ortho intramolecular Hbond substituents is 1. The van der Waals surface area contributed by atoms with Crippen molar-refractivity contribution in [1.29, 1.82) is 0 Å². The van der Waals surface area contributed by atoms with E-state index in [0.717, 1.165) is 22.8 Å². The van der Waals surface area contributed by atoms with Gasteiger partial charge in [0, 0.05) is 6.07 Å². The third-order valence-electron chi connectivity index (χ3n) is 5.66. The second kappa shape index (κ2) is 8.64. The number of H-pyrrole nitrogens is 1. The van der Waals surface area contributed by atoms with Gasteiger partial charge in [0.1, 0.15) is 22.8 Å². The first kappa shape index (κ1) is 23.6. The van der Waals surface area contributed by atoms with Crippen LogP contribution in [0, 0.1) is 6.92 Å². The van der Waals surface area contributed by atoms with Crippen LogP contribution in [0.5, 0.6) is 11.5 Å². The van der Waals surface area contributed by atoms with E-state index in [2.05, 4.69) is 34.2 Å². The van der Waals surface area contributed by atoms with Crippen molar-refractivity contribution in [3.63, 3.8) is 0 Å². The monoisotopic (exact) mass is 496 g/mol. The van der Waals surface area contributed by atoms with Gasteiger partial charge >= 0.3 is 0 Å². The summed E-state index contributed by atoms with van der Waals surface area (Å²) in [6, 6.07) is 19.8. The summed E-state index contributed by atoms with van der Waals surface area (Å²) in [5.74, 6) is 0.892. The third kappa shape index (κ3) is 4.07. The van der Waals surface area contributed by atoms with Gasteiger partial charge in [-0.1, -0.05) is 42.0 Å². The molecule has 0 radical (unpaired) electrons. The van der Waals surface area contributed by atoms with Crippen LogP contribution in [0.25, 0.3) is 44.3 Å². The number of benzene rings is 4. The van der Waals surface area contributed by atoms with Crippen molar-refractivity contribution in [2.75, 3.05) is 7.11 Å². The molecule has 0 atom stereocenters. The number of halogens is 1. The Kier molecular flexibility index (Phi) is 5.99. The minimum Gasteiger partial charge on any atom is -0.507 e.